The molecular formula is C16H24F2N6O2. The van der Waals surface area contributed by atoms with Gasteiger partial charge >= 0.3 is 0 Å². The molecule has 1 heterocycles. The molecule has 2 aliphatic rings. The number of fused-ring (bicyclic) bond motifs is 1. The molecule has 2 saturated carbocycles. The van der Waals surface area contributed by atoms with Crippen molar-refractivity contribution in [1.82, 2.24) is 30.0 Å². The number of hydrogen-bond acceptors (Lipinski definition) is 5. The van der Waals surface area contributed by atoms with Crippen molar-refractivity contribution in [2.45, 2.75) is 45.2 Å². The van der Waals surface area contributed by atoms with Gasteiger partial charge in [0.25, 0.3) is 5.92 Å². The van der Waals surface area contributed by atoms with E-state index in [-0.39, 0.29) is 43.2 Å². The van der Waals surface area contributed by atoms with E-state index in [4.69, 9.17) is 0 Å². The topological polar surface area (TPSA) is 84.2 Å². The highest BCUT2D eigenvalue weighted by Gasteiger charge is 2.72. The molecule has 1 unspecified atom stereocenters. The largest absolute Gasteiger partial charge is 0.342 e. The van der Waals surface area contributed by atoms with Crippen molar-refractivity contribution in [1.29, 1.82) is 0 Å². The van der Waals surface area contributed by atoms with E-state index in [1.807, 2.05) is 13.8 Å². The standard InChI is InChI=1S/C16H24F2N6O2/c1-10(2)24(15(26)11-6-12-13(7-11)16(12,17)18)5-4-22(3)14(25)8-23-9-19-20-21-23/h9-13H,4-8H2,1-3H3/t11?,12-,13+. The SMILES string of the molecule is CC(C)N(CCN(C)C(=O)Cn1cnnn1)C(=O)C1C[C@@H]2[C@H](C1)C2(F)F. The summed E-state index contributed by atoms with van der Waals surface area (Å²) in [5, 5.41) is 10.6. The van der Waals surface area contributed by atoms with Gasteiger partial charge in [-0.05, 0) is 37.1 Å². The number of tetrazole rings is 1. The van der Waals surface area contributed by atoms with Gasteiger partial charge in [-0.3, -0.25) is 9.59 Å². The molecule has 0 aliphatic heterocycles. The molecule has 2 fully saturated rings. The molecule has 144 valence electrons. The molecule has 3 atom stereocenters. The molecule has 0 bridgehead atoms. The maximum atomic E-state index is 13.4. The molecule has 0 aromatic carbocycles. The minimum absolute atomic E-state index is 0.0280. The minimum atomic E-state index is -2.57. The van der Waals surface area contributed by atoms with Gasteiger partial charge < -0.3 is 9.80 Å². The van der Waals surface area contributed by atoms with Crippen LogP contribution in [-0.2, 0) is 16.1 Å². The van der Waals surface area contributed by atoms with Crippen LogP contribution in [0.4, 0.5) is 8.78 Å². The Kier molecular flexibility index (Phi) is 4.94. The summed E-state index contributed by atoms with van der Waals surface area (Å²) in [5.41, 5.74) is 0. The summed E-state index contributed by atoms with van der Waals surface area (Å²) < 4.78 is 28.0. The lowest BCUT2D eigenvalue weighted by atomic mass is 10.00. The van der Waals surface area contributed by atoms with Crippen LogP contribution in [0.3, 0.4) is 0 Å². The summed E-state index contributed by atoms with van der Waals surface area (Å²) in [6.07, 6.45) is 1.90. The highest BCUT2D eigenvalue weighted by atomic mass is 19.3. The Labute approximate surface area is 150 Å². The van der Waals surface area contributed by atoms with Crippen LogP contribution in [-0.4, -0.2) is 73.9 Å². The van der Waals surface area contributed by atoms with E-state index < -0.39 is 17.8 Å². The van der Waals surface area contributed by atoms with Crippen LogP contribution in [0, 0.1) is 17.8 Å². The van der Waals surface area contributed by atoms with E-state index in [2.05, 4.69) is 15.5 Å². The van der Waals surface area contributed by atoms with Gasteiger partial charge in [-0.2, -0.15) is 0 Å². The van der Waals surface area contributed by atoms with Crippen molar-refractivity contribution in [3.05, 3.63) is 6.33 Å². The van der Waals surface area contributed by atoms with Crippen molar-refractivity contribution in [3.63, 3.8) is 0 Å². The molecule has 0 N–H and O–H groups in total. The Morgan fingerprint density at radius 3 is 2.46 bits per heavy atom. The van der Waals surface area contributed by atoms with E-state index in [9.17, 15) is 18.4 Å². The van der Waals surface area contributed by atoms with Crippen LogP contribution in [0.1, 0.15) is 26.7 Å². The Morgan fingerprint density at radius 1 is 1.27 bits per heavy atom. The van der Waals surface area contributed by atoms with E-state index in [0.717, 1.165) is 0 Å². The first-order chi connectivity index (χ1) is 12.2. The van der Waals surface area contributed by atoms with E-state index in [1.54, 1.807) is 11.9 Å². The summed E-state index contributed by atoms with van der Waals surface area (Å²) in [5.74, 6) is -4.38. The molecule has 0 radical (unpaired) electrons. The lowest BCUT2D eigenvalue weighted by Gasteiger charge is -2.31. The number of aromatic nitrogens is 4. The fraction of sp³-hybridized carbons (Fsp3) is 0.812. The van der Waals surface area contributed by atoms with E-state index in [1.165, 1.54) is 15.9 Å². The zero-order chi connectivity index (χ0) is 19.1. The summed E-state index contributed by atoms with van der Waals surface area (Å²) in [4.78, 5) is 28.1. The van der Waals surface area contributed by atoms with Crippen molar-refractivity contribution >= 4 is 11.8 Å². The summed E-state index contributed by atoms with van der Waals surface area (Å²) in [6.45, 7) is 4.55. The second-order valence-electron chi connectivity index (χ2n) is 7.50. The van der Waals surface area contributed by atoms with Crippen LogP contribution in [0.5, 0.6) is 0 Å². The Morgan fingerprint density at radius 2 is 1.92 bits per heavy atom. The molecule has 8 nitrogen and oxygen atoms in total. The highest BCUT2D eigenvalue weighted by Crippen LogP contribution is 2.65. The van der Waals surface area contributed by atoms with Gasteiger partial charge in [0.15, 0.2) is 0 Å². The van der Waals surface area contributed by atoms with Crippen LogP contribution in [0.15, 0.2) is 6.33 Å². The average Bonchev–Trinajstić information content (AvgIpc) is 3.07. The van der Waals surface area contributed by atoms with Crippen molar-refractivity contribution in [3.8, 4) is 0 Å². The maximum Gasteiger partial charge on any atom is 0.254 e. The van der Waals surface area contributed by atoms with Gasteiger partial charge in [0.2, 0.25) is 11.8 Å². The number of rotatable bonds is 7. The van der Waals surface area contributed by atoms with E-state index in [0.29, 0.717) is 13.1 Å². The number of carbonyl (C=O) groups excluding carboxylic acids is 2. The molecule has 0 spiro atoms. The highest BCUT2D eigenvalue weighted by molar-refractivity contribution is 5.80. The first-order valence-corrected chi connectivity index (χ1v) is 8.84. The summed E-state index contributed by atoms with van der Waals surface area (Å²) >= 11 is 0. The maximum absolute atomic E-state index is 13.4. The molecular weight excluding hydrogens is 346 g/mol. The number of hydrogen-bond donors (Lipinski definition) is 0. The lowest BCUT2D eigenvalue weighted by molar-refractivity contribution is -0.140. The quantitative estimate of drug-likeness (QED) is 0.704. The predicted octanol–water partition coefficient (Wildman–Crippen LogP) is 0.660. The molecule has 1 aromatic rings. The van der Waals surface area contributed by atoms with Crippen molar-refractivity contribution in [2.75, 3.05) is 20.1 Å². The van der Waals surface area contributed by atoms with Gasteiger partial charge in [-0.1, -0.05) is 0 Å². The smallest absolute Gasteiger partial charge is 0.254 e. The zero-order valence-corrected chi connectivity index (χ0v) is 15.2. The third kappa shape index (κ3) is 3.54. The number of likely N-dealkylation sites (N-methyl/N-ethyl adjacent to an activating group) is 1. The second-order valence-corrected chi connectivity index (χ2v) is 7.50. The number of alkyl halides is 2. The summed E-state index contributed by atoms with van der Waals surface area (Å²) in [6, 6.07) is -0.0528. The molecule has 3 rings (SSSR count). The minimum Gasteiger partial charge on any atom is -0.342 e. The fourth-order valence-electron chi connectivity index (χ4n) is 3.77. The van der Waals surface area contributed by atoms with Gasteiger partial charge in [0.1, 0.15) is 12.9 Å². The van der Waals surface area contributed by atoms with Crippen molar-refractivity contribution < 1.29 is 18.4 Å². The molecule has 2 aliphatic carbocycles. The second kappa shape index (κ2) is 6.88. The zero-order valence-electron chi connectivity index (χ0n) is 15.2. The van der Waals surface area contributed by atoms with Crippen LogP contribution >= 0.6 is 0 Å². The van der Waals surface area contributed by atoms with Crippen LogP contribution in [0.2, 0.25) is 0 Å². The van der Waals surface area contributed by atoms with Gasteiger partial charge in [-0.25, -0.2) is 13.5 Å². The van der Waals surface area contributed by atoms with Gasteiger partial charge in [-0.15, -0.1) is 5.10 Å². The summed E-state index contributed by atoms with van der Waals surface area (Å²) in [7, 11) is 1.65. The predicted molar refractivity (Wildman–Crippen MR) is 87.0 cm³/mol. The van der Waals surface area contributed by atoms with Crippen molar-refractivity contribution in [2.24, 2.45) is 17.8 Å². The first kappa shape index (κ1) is 18.7. The van der Waals surface area contributed by atoms with E-state index >= 15 is 0 Å². The Balaban J connectivity index is 1.50. The van der Waals surface area contributed by atoms with Crippen LogP contribution < -0.4 is 0 Å². The molecule has 0 saturated heterocycles. The van der Waals surface area contributed by atoms with Gasteiger partial charge in [0, 0.05) is 43.9 Å². The van der Waals surface area contributed by atoms with Gasteiger partial charge in [0.05, 0.1) is 0 Å². The third-order valence-electron chi connectivity index (χ3n) is 5.49. The third-order valence-corrected chi connectivity index (χ3v) is 5.49. The number of halogens is 2. The normalized spacial score (nSPS) is 25.8. The average molecular weight is 370 g/mol. The number of carbonyl (C=O) groups is 2. The number of nitrogens with zero attached hydrogens (tertiary/aromatic N) is 6. The molecule has 10 heteroatoms. The monoisotopic (exact) mass is 370 g/mol. The molecule has 2 amide bonds. The molecule has 26 heavy (non-hydrogen) atoms. The molecule has 1 aromatic heterocycles. The Bertz CT molecular complexity index is 652. The first-order valence-electron chi connectivity index (χ1n) is 8.84. The fourth-order valence-corrected chi connectivity index (χ4v) is 3.77. The lowest BCUT2D eigenvalue weighted by Crippen LogP contribution is -2.46. The Hall–Kier alpha value is -2.13. The number of amides is 2. The van der Waals surface area contributed by atoms with Crippen LogP contribution in [0.25, 0.3) is 0 Å².